The van der Waals surface area contributed by atoms with Crippen molar-refractivity contribution in [3.63, 3.8) is 0 Å². The molecule has 4 heterocycles. The Morgan fingerprint density at radius 1 is 0.878 bits per heavy atom. The average Bonchev–Trinajstić information content (AvgIpc) is 3.71. The highest BCUT2D eigenvalue weighted by molar-refractivity contribution is 7.17. The number of thiophene rings is 1. The molecular weight excluding hydrogens is 534 g/mol. The summed E-state index contributed by atoms with van der Waals surface area (Å²) in [4.78, 5) is 49.4. The molecule has 2 aromatic carbocycles. The molecule has 9 heteroatoms. The van der Waals surface area contributed by atoms with Crippen LogP contribution in [0.2, 0.25) is 0 Å². The molecule has 0 spiro atoms. The second-order valence-corrected chi connectivity index (χ2v) is 11.8. The fraction of sp³-hybridized carbons (Fsp3) is 0.250. The molecule has 1 aliphatic carbocycles. The summed E-state index contributed by atoms with van der Waals surface area (Å²) in [6, 6.07) is 20.7. The Morgan fingerprint density at radius 3 is 2.44 bits per heavy atom. The maximum absolute atomic E-state index is 13.7. The molecule has 2 fully saturated rings. The number of hydrogen-bond acceptors (Lipinski definition) is 6. The zero-order chi connectivity index (χ0) is 27.9. The third kappa shape index (κ3) is 5.09. The van der Waals surface area contributed by atoms with Crippen LogP contribution < -0.4 is 20.4 Å². The van der Waals surface area contributed by atoms with Crippen LogP contribution in [0.15, 0.2) is 72.9 Å². The zero-order valence-corrected chi connectivity index (χ0v) is 23.2. The lowest BCUT2D eigenvalue weighted by molar-refractivity contribution is 0.0952. The van der Waals surface area contributed by atoms with Gasteiger partial charge in [-0.1, -0.05) is 18.2 Å². The number of carbonyl (C=O) groups excluding carboxylic acids is 3. The Bertz CT molecular complexity index is 1660. The van der Waals surface area contributed by atoms with Gasteiger partial charge in [0, 0.05) is 59.1 Å². The largest absolute Gasteiger partial charge is 0.356 e. The van der Waals surface area contributed by atoms with Gasteiger partial charge in [-0.25, -0.2) is 4.98 Å². The predicted molar refractivity (Wildman–Crippen MR) is 161 cm³/mol. The monoisotopic (exact) mass is 563 g/mol. The summed E-state index contributed by atoms with van der Waals surface area (Å²) < 4.78 is 0. The van der Waals surface area contributed by atoms with E-state index in [1.54, 1.807) is 36.5 Å². The molecule has 2 aromatic heterocycles. The first-order chi connectivity index (χ1) is 20.0. The number of nitrogens with one attached hydrogen (secondary N) is 2. The minimum atomic E-state index is -0.217. The molecule has 3 amide bonds. The molecule has 4 aromatic rings. The van der Waals surface area contributed by atoms with E-state index in [1.807, 2.05) is 41.3 Å². The molecule has 8 nitrogen and oxygen atoms in total. The molecule has 3 aliphatic rings. The predicted octanol–water partition coefficient (Wildman–Crippen LogP) is 5.37. The average molecular weight is 564 g/mol. The molecule has 1 saturated heterocycles. The van der Waals surface area contributed by atoms with Crippen LogP contribution in [0.3, 0.4) is 0 Å². The molecular formula is C32H29N5O3S. The summed E-state index contributed by atoms with van der Waals surface area (Å²) in [5.41, 5.74) is 4.58. The van der Waals surface area contributed by atoms with Gasteiger partial charge in [0.05, 0.1) is 10.6 Å². The molecule has 0 atom stereocenters. The maximum Gasteiger partial charge on any atom is 0.261 e. The van der Waals surface area contributed by atoms with Gasteiger partial charge in [0.25, 0.3) is 17.7 Å². The number of benzene rings is 2. The normalized spacial score (nSPS) is 15.7. The van der Waals surface area contributed by atoms with Crippen molar-refractivity contribution >= 4 is 46.3 Å². The number of fused-ring (bicyclic) bond motifs is 3. The third-order valence-corrected chi connectivity index (χ3v) is 9.02. The lowest BCUT2D eigenvalue weighted by Gasteiger charge is -2.32. The molecule has 0 unspecified atom stereocenters. The van der Waals surface area contributed by atoms with Gasteiger partial charge in [-0.05, 0) is 79.8 Å². The summed E-state index contributed by atoms with van der Waals surface area (Å²) in [7, 11) is 0. The maximum atomic E-state index is 13.7. The fourth-order valence-electron chi connectivity index (χ4n) is 5.24. The summed E-state index contributed by atoms with van der Waals surface area (Å²) in [5.74, 6) is 0.481. The Hall–Kier alpha value is -4.50. The lowest BCUT2D eigenvalue weighted by atomic mass is 10.1. The van der Waals surface area contributed by atoms with Crippen molar-refractivity contribution in [1.82, 2.24) is 10.3 Å². The number of pyridine rings is 1. The van der Waals surface area contributed by atoms with E-state index in [0.29, 0.717) is 35.8 Å². The Balaban J connectivity index is 1.08. The summed E-state index contributed by atoms with van der Waals surface area (Å²) >= 11 is 1.49. The van der Waals surface area contributed by atoms with Crippen LogP contribution in [0.1, 0.15) is 55.2 Å². The van der Waals surface area contributed by atoms with Gasteiger partial charge >= 0.3 is 0 Å². The lowest BCUT2D eigenvalue weighted by Crippen LogP contribution is -2.37. The number of para-hydroxylation sites is 1. The smallest absolute Gasteiger partial charge is 0.261 e. The van der Waals surface area contributed by atoms with E-state index in [1.165, 1.54) is 11.3 Å². The number of nitrogens with zero attached hydrogens (tertiary/aromatic N) is 3. The van der Waals surface area contributed by atoms with Crippen molar-refractivity contribution < 1.29 is 14.4 Å². The first-order valence-electron chi connectivity index (χ1n) is 14.0. The molecule has 206 valence electrons. The number of aromatic nitrogens is 1. The van der Waals surface area contributed by atoms with Gasteiger partial charge < -0.3 is 20.4 Å². The fourth-order valence-corrected chi connectivity index (χ4v) is 6.38. The van der Waals surface area contributed by atoms with Crippen molar-refractivity contribution in [3.8, 4) is 10.4 Å². The molecule has 7 rings (SSSR count). The standard InChI is InChI=1S/C32H29N5O3S/c38-30(22-12-14-33-28(19-22)36-15-3-16-36)34-23-8-6-20(7-9-23)32(40)37-17-13-21-18-27(31(39)35-24-10-11-24)41-29(21)25-4-1-2-5-26(25)37/h1-2,4-9,12,14,18-19,24H,3,10-11,13,15-17H2,(H,34,38)(H,35,39). The van der Waals surface area contributed by atoms with Crippen LogP contribution in [0.25, 0.3) is 10.4 Å². The SMILES string of the molecule is O=C(Nc1ccc(C(=O)N2CCc3cc(C(=O)NC4CC4)sc3-c3ccccc32)cc1)c1ccnc(N2CCC2)c1. The Morgan fingerprint density at radius 2 is 1.68 bits per heavy atom. The molecule has 2 N–H and O–H groups in total. The molecule has 1 saturated carbocycles. The van der Waals surface area contributed by atoms with Crippen LogP contribution >= 0.6 is 11.3 Å². The molecule has 41 heavy (non-hydrogen) atoms. The van der Waals surface area contributed by atoms with Crippen molar-refractivity contribution in [2.24, 2.45) is 0 Å². The first-order valence-corrected chi connectivity index (χ1v) is 14.8. The van der Waals surface area contributed by atoms with Gasteiger partial charge in [0.1, 0.15) is 5.82 Å². The van der Waals surface area contributed by atoms with Crippen LogP contribution in [0.5, 0.6) is 0 Å². The van der Waals surface area contributed by atoms with E-state index in [-0.39, 0.29) is 17.7 Å². The van der Waals surface area contributed by atoms with Crippen molar-refractivity contribution in [2.75, 3.05) is 34.8 Å². The number of anilines is 3. The van der Waals surface area contributed by atoms with Gasteiger partial charge in [0.15, 0.2) is 0 Å². The van der Waals surface area contributed by atoms with Gasteiger partial charge in [-0.2, -0.15) is 0 Å². The number of rotatable bonds is 6. The van der Waals surface area contributed by atoms with E-state index in [9.17, 15) is 14.4 Å². The quantitative estimate of drug-likeness (QED) is 0.329. The molecule has 2 aliphatic heterocycles. The van der Waals surface area contributed by atoms with Crippen LogP contribution in [-0.4, -0.2) is 48.4 Å². The number of hydrogen-bond donors (Lipinski definition) is 2. The summed E-state index contributed by atoms with van der Waals surface area (Å²) in [5, 5.41) is 6.01. The third-order valence-electron chi connectivity index (χ3n) is 7.81. The Labute approximate surface area is 242 Å². The van der Waals surface area contributed by atoms with Gasteiger partial charge in [-0.15, -0.1) is 11.3 Å². The van der Waals surface area contributed by atoms with E-state index in [2.05, 4.69) is 20.5 Å². The van der Waals surface area contributed by atoms with Crippen molar-refractivity contribution in [3.05, 3.63) is 94.5 Å². The van der Waals surface area contributed by atoms with Gasteiger partial charge in [-0.3, -0.25) is 14.4 Å². The number of amides is 3. The topological polar surface area (TPSA) is 94.6 Å². The zero-order valence-electron chi connectivity index (χ0n) is 22.4. The van der Waals surface area contributed by atoms with E-state index in [0.717, 1.165) is 64.7 Å². The van der Waals surface area contributed by atoms with E-state index in [4.69, 9.17) is 0 Å². The van der Waals surface area contributed by atoms with E-state index < -0.39 is 0 Å². The first kappa shape index (κ1) is 25.5. The molecule has 0 radical (unpaired) electrons. The highest BCUT2D eigenvalue weighted by Gasteiger charge is 2.29. The van der Waals surface area contributed by atoms with Crippen LogP contribution in [0, 0.1) is 0 Å². The van der Waals surface area contributed by atoms with Crippen LogP contribution in [-0.2, 0) is 6.42 Å². The highest BCUT2D eigenvalue weighted by atomic mass is 32.1. The van der Waals surface area contributed by atoms with Crippen LogP contribution in [0.4, 0.5) is 17.2 Å². The minimum absolute atomic E-state index is 0.0105. The highest BCUT2D eigenvalue weighted by Crippen LogP contribution is 2.42. The van der Waals surface area contributed by atoms with Crippen molar-refractivity contribution in [2.45, 2.75) is 31.7 Å². The van der Waals surface area contributed by atoms with Gasteiger partial charge in [0.2, 0.25) is 0 Å². The van der Waals surface area contributed by atoms with E-state index >= 15 is 0 Å². The summed E-state index contributed by atoms with van der Waals surface area (Å²) in [6.07, 6.45) is 5.55. The second-order valence-electron chi connectivity index (χ2n) is 10.7. The summed E-state index contributed by atoms with van der Waals surface area (Å²) in [6.45, 7) is 2.42. The minimum Gasteiger partial charge on any atom is -0.356 e. The van der Waals surface area contributed by atoms with Crippen molar-refractivity contribution in [1.29, 1.82) is 0 Å². The second kappa shape index (κ2) is 10.5. The Kier molecular flexibility index (Phi) is 6.51. The molecule has 0 bridgehead atoms. The number of carbonyl (C=O) groups is 3.